The predicted molar refractivity (Wildman–Crippen MR) is 76.0 cm³/mol. The topological polar surface area (TPSA) is 75.3 Å². The molecular formula is C13H18N2O3S. The molecule has 1 aromatic rings. The summed E-state index contributed by atoms with van der Waals surface area (Å²) >= 11 is 0. The Bertz CT molecular complexity index is 569. The second-order valence-electron chi connectivity index (χ2n) is 4.86. The van der Waals surface area contributed by atoms with E-state index in [-0.39, 0.29) is 23.5 Å². The number of carbonyl (C=O) groups excluding carboxylic acids is 1. The Hall–Kier alpha value is -1.56. The molecule has 1 amide bonds. The minimum Gasteiger partial charge on any atom is -0.381 e. The van der Waals surface area contributed by atoms with Crippen molar-refractivity contribution in [1.29, 1.82) is 0 Å². The summed E-state index contributed by atoms with van der Waals surface area (Å²) in [7, 11) is -2.91. The van der Waals surface area contributed by atoms with Crippen LogP contribution >= 0.6 is 0 Å². The van der Waals surface area contributed by atoms with E-state index in [1.807, 2.05) is 18.2 Å². The van der Waals surface area contributed by atoms with Crippen LogP contribution in [0.4, 0.5) is 11.4 Å². The van der Waals surface area contributed by atoms with Gasteiger partial charge in [-0.1, -0.05) is 6.07 Å². The van der Waals surface area contributed by atoms with E-state index >= 15 is 0 Å². The van der Waals surface area contributed by atoms with Crippen LogP contribution < -0.4 is 10.6 Å². The molecule has 6 heteroatoms. The first-order chi connectivity index (χ1) is 8.94. The highest BCUT2D eigenvalue weighted by atomic mass is 32.2. The Morgan fingerprint density at radius 2 is 2.05 bits per heavy atom. The quantitative estimate of drug-likeness (QED) is 0.883. The van der Waals surface area contributed by atoms with E-state index < -0.39 is 9.84 Å². The Morgan fingerprint density at radius 3 is 2.74 bits per heavy atom. The molecule has 104 valence electrons. The van der Waals surface area contributed by atoms with Crippen LogP contribution in [0.15, 0.2) is 24.3 Å². The van der Waals surface area contributed by atoms with Gasteiger partial charge in [-0.3, -0.25) is 4.79 Å². The van der Waals surface area contributed by atoms with Crippen LogP contribution in [0.3, 0.4) is 0 Å². The standard InChI is InChI=1S/C13H18N2O3S/c1-10(16)14-11-4-2-5-12(8-11)15-13-6-3-7-19(17,18)9-13/h2,4-5,8,13,15H,3,6-7,9H2,1H3,(H,14,16). The summed E-state index contributed by atoms with van der Waals surface area (Å²) in [5.41, 5.74) is 1.53. The number of nitrogens with one attached hydrogen (secondary N) is 2. The fraction of sp³-hybridized carbons (Fsp3) is 0.462. The van der Waals surface area contributed by atoms with Crippen molar-refractivity contribution >= 4 is 27.1 Å². The molecule has 5 nitrogen and oxygen atoms in total. The van der Waals surface area contributed by atoms with E-state index in [0.717, 1.165) is 12.1 Å². The van der Waals surface area contributed by atoms with Crippen LogP contribution in [0.5, 0.6) is 0 Å². The van der Waals surface area contributed by atoms with Gasteiger partial charge in [0.15, 0.2) is 9.84 Å². The molecule has 0 radical (unpaired) electrons. The summed E-state index contributed by atoms with van der Waals surface area (Å²) in [5.74, 6) is 0.339. The molecule has 1 fully saturated rings. The Kier molecular flexibility index (Phi) is 4.09. The number of benzene rings is 1. The van der Waals surface area contributed by atoms with Gasteiger partial charge in [-0.05, 0) is 31.0 Å². The van der Waals surface area contributed by atoms with Crippen molar-refractivity contribution in [3.05, 3.63) is 24.3 Å². The van der Waals surface area contributed by atoms with Crippen LogP contribution in [0.1, 0.15) is 19.8 Å². The van der Waals surface area contributed by atoms with Crippen LogP contribution in [-0.2, 0) is 14.6 Å². The van der Waals surface area contributed by atoms with Crippen molar-refractivity contribution in [3.63, 3.8) is 0 Å². The van der Waals surface area contributed by atoms with Crippen molar-refractivity contribution in [2.24, 2.45) is 0 Å². The van der Waals surface area contributed by atoms with Crippen molar-refractivity contribution in [3.8, 4) is 0 Å². The molecule has 0 spiro atoms. The van der Waals surface area contributed by atoms with Crippen LogP contribution in [0, 0.1) is 0 Å². The van der Waals surface area contributed by atoms with E-state index in [4.69, 9.17) is 0 Å². The minimum absolute atomic E-state index is 0.0497. The number of carbonyl (C=O) groups is 1. The third-order valence-electron chi connectivity index (χ3n) is 3.02. The van der Waals surface area contributed by atoms with Crippen molar-refractivity contribution in [2.75, 3.05) is 22.1 Å². The monoisotopic (exact) mass is 282 g/mol. The van der Waals surface area contributed by atoms with Crippen molar-refractivity contribution in [1.82, 2.24) is 0 Å². The Morgan fingerprint density at radius 1 is 1.32 bits per heavy atom. The average molecular weight is 282 g/mol. The molecule has 2 rings (SSSR count). The first-order valence-electron chi connectivity index (χ1n) is 6.29. The largest absolute Gasteiger partial charge is 0.381 e. The van der Waals surface area contributed by atoms with Gasteiger partial charge in [0.1, 0.15) is 0 Å². The molecule has 1 saturated heterocycles. The van der Waals surface area contributed by atoms with Gasteiger partial charge in [0.05, 0.1) is 11.5 Å². The maximum atomic E-state index is 11.6. The average Bonchev–Trinajstić information content (AvgIpc) is 2.26. The number of hydrogen-bond donors (Lipinski definition) is 2. The molecular weight excluding hydrogens is 264 g/mol. The molecule has 0 aromatic heterocycles. The van der Waals surface area contributed by atoms with Gasteiger partial charge < -0.3 is 10.6 Å². The summed E-state index contributed by atoms with van der Waals surface area (Å²) in [6.45, 7) is 1.45. The second-order valence-corrected chi connectivity index (χ2v) is 7.09. The lowest BCUT2D eigenvalue weighted by atomic mass is 10.1. The van der Waals surface area contributed by atoms with Gasteiger partial charge in [-0.25, -0.2) is 8.42 Å². The third-order valence-corrected chi connectivity index (χ3v) is 4.84. The molecule has 0 aliphatic carbocycles. The van der Waals surface area contributed by atoms with E-state index in [1.165, 1.54) is 6.92 Å². The van der Waals surface area contributed by atoms with E-state index in [9.17, 15) is 13.2 Å². The maximum absolute atomic E-state index is 11.6. The number of rotatable bonds is 3. The van der Waals surface area contributed by atoms with Gasteiger partial charge in [-0.15, -0.1) is 0 Å². The lowest BCUT2D eigenvalue weighted by Crippen LogP contribution is -2.34. The molecule has 1 aliphatic rings. The SMILES string of the molecule is CC(=O)Nc1cccc(NC2CCCS(=O)(=O)C2)c1. The maximum Gasteiger partial charge on any atom is 0.221 e. The van der Waals surface area contributed by atoms with E-state index in [1.54, 1.807) is 6.07 Å². The predicted octanol–water partition coefficient (Wildman–Crippen LogP) is 1.63. The summed E-state index contributed by atoms with van der Waals surface area (Å²) in [6.07, 6.45) is 1.55. The van der Waals surface area contributed by atoms with Crippen molar-refractivity contribution in [2.45, 2.75) is 25.8 Å². The van der Waals surface area contributed by atoms with Crippen LogP contribution in [0.25, 0.3) is 0 Å². The second kappa shape index (κ2) is 5.61. The molecule has 19 heavy (non-hydrogen) atoms. The zero-order valence-electron chi connectivity index (χ0n) is 10.8. The molecule has 1 atom stereocenters. The third kappa shape index (κ3) is 4.24. The number of hydrogen-bond acceptors (Lipinski definition) is 4. The minimum atomic E-state index is -2.91. The molecule has 2 N–H and O–H groups in total. The van der Waals surface area contributed by atoms with E-state index in [2.05, 4.69) is 10.6 Å². The highest BCUT2D eigenvalue weighted by Gasteiger charge is 2.24. The summed E-state index contributed by atoms with van der Waals surface area (Å²) in [6, 6.07) is 7.25. The zero-order valence-corrected chi connectivity index (χ0v) is 11.7. The number of anilines is 2. The molecule has 0 bridgehead atoms. The van der Waals surface area contributed by atoms with Gasteiger partial charge in [0, 0.05) is 24.3 Å². The highest BCUT2D eigenvalue weighted by molar-refractivity contribution is 7.91. The first kappa shape index (κ1) is 13.9. The molecule has 1 heterocycles. The van der Waals surface area contributed by atoms with Gasteiger partial charge in [0.2, 0.25) is 5.91 Å². The molecule has 1 aliphatic heterocycles. The van der Waals surface area contributed by atoms with Gasteiger partial charge in [-0.2, -0.15) is 0 Å². The van der Waals surface area contributed by atoms with E-state index in [0.29, 0.717) is 12.1 Å². The molecule has 1 aromatic carbocycles. The lowest BCUT2D eigenvalue weighted by molar-refractivity contribution is -0.114. The first-order valence-corrected chi connectivity index (χ1v) is 8.11. The fourth-order valence-electron chi connectivity index (χ4n) is 2.26. The lowest BCUT2D eigenvalue weighted by Gasteiger charge is -2.24. The number of amides is 1. The zero-order chi connectivity index (χ0) is 13.9. The number of sulfone groups is 1. The highest BCUT2D eigenvalue weighted by Crippen LogP contribution is 2.20. The summed E-state index contributed by atoms with van der Waals surface area (Å²) in [4.78, 5) is 11.0. The van der Waals surface area contributed by atoms with Gasteiger partial charge in [0.25, 0.3) is 0 Å². The summed E-state index contributed by atoms with van der Waals surface area (Å²) in [5, 5.41) is 5.92. The van der Waals surface area contributed by atoms with Gasteiger partial charge >= 0.3 is 0 Å². The molecule has 0 saturated carbocycles. The smallest absolute Gasteiger partial charge is 0.221 e. The molecule has 1 unspecified atom stereocenters. The summed E-state index contributed by atoms with van der Waals surface area (Å²) < 4.78 is 23.1. The normalized spacial score (nSPS) is 21.6. The fourth-order valence-corrected chi connectivity index (χ4v) is 3.90. The van der Waals surface area contributed by atoms with Crippen LogP contribution in [-0.4, -0.2) is 31.9 Å². The Balaban J connectivity index is 2.04. The van der Waals surface area contributed by atoms with Crippen molar-refractivity contribution < 1.29 is 13.2 Å². The van der Waals surface area contributed by atoms with Crippen LogP contribution in [0.2, 0.25) is 0 Å². The Labute approximate surface area is 113 Å².